The Balaban J connectivity index is 2.62. The number of hydrogen-bond acceptors (Lipinski definition) is 2. The molecule has 5 heteroatoms. The molecule has 1 aromatic carbocycles. The summed E-state index contributed by atoms with van der Waals surface area (Å²) in [6.45, 7) is 6.13. The molecule has 0 saturated carbocycles. The molecule has 0 aliphatic heterocycles. The van der Waals surface area contributed by atoms with Gasteiger partial charge >= 0.3 is 0 Å². The van der Waals surface area contributed by atoms with Crippen molar-refractivity contribution in [2.45, 2.75) is 26.7 Å². The molecule has 0 spiro atoms. The summed E-state index contributed by atoms with van der Waals surface area (Å²) in [6.07, 6.45) is 0. The van der Waals surface area contributed by atoms with Gasteiger partial charge < -0.3 is 0 Å². The first-order valence-corrected chi connectivity index (χ1v) is 6.14. The fourth-order valence-corrected chi connectivity index (χ4v) is 2.34. The van der Waals surface area contributed by atoms with Crippen LogP contribution in [0, 0.1) is 6.92 Å². The van der Waals surface area contributed by atoms with Gasteiger partial charge in [-0.25, -0.2) is 4.68 Å². The zero-order chi connectivity index (χ0) is 12.6. The molecule has 0 unspecified atom stereocenters. The quantitative estimate of drug-likeness (QED) is 0.825. The van der Waals surface area contributed by atoms with Crippen molar-refractivity contribution in [3.05, 3.63) is 39.6 Å². The van der Waals surface area contributed by atoms with Crippen molar-refractivity contribution >= 4 is 23.2 Å². The molecule has 0 atom stereocenters. The highest BCUT2D eigenvalue weighted by molar-refractivity contribution is 6.37. The summed E-state index contributed by atoms with van der Waals surface area (Å²) in [5.41, 5.74) is 2.61. The van der Waals surface area contributed by atoms with E-state index in [4.69, 9.17) is 23.2 Å². The van der Waals surface area contributed by atoms with Crippen molar-refractivity contribution < 1.29 is 0 Å². The van der Waals surface area contributed by atoms with Crippen LogP contribution < -0.4 is 0 Å². The van der Waals surface area contributed by atoms with Crippen LogP contribution in [0.15, 0.2) is 18.2 Å². The molecule has 0 radical (unpaired) electrons. The molecule has 0 amide bonds. The summed E-state index contributed by atoms with van der Waals surface area (Å²) >= 11 is 12.3. The average molecular weight is 270 g/mol. The van der Waals surface area contributed by atoms with Crippen molar-refractivity contribution in [1.82, 2.24) is 15.0 Å². The highest BCUT2D eigenvalue weighted by atomic mass is 35.5. The second kappa shape index (κ2) is 4.67. The van der Waals surface area contributed by atoms with Gasteiger partial charge in [0.25, 0.3) is 0 Å². The number of nitrogens with zero attached hydrogens (tertiary/aromatic N) is 3. The first-order valence-electron chi connectivity index (χ1n) is 5.39. The van der Waals surface area contributed by atoms with Gasteiger partial charge in [0.15, 0.2) is 0 Å². The molecule has 0 fully saturated rings. The smallest absolute Gasteiger partial charge is 0.104 e. The first-order chi connectivity index (χ1) is 8.02. The molecule has 2 aromatic rings. The van der Waals surface area contributed by atoms with Crippen molar-refractivity contribution in [2.75, 3.05) is 0 Å². The largest absolute Gasteiger partial charge is 0.215 e. The first kappa shape index (κ1) is 12.4. The summed E-state index contributed by atoms with van der Waals surface area (Å²) < 4.78 is 1.69. The van der Waals surface area contributed by atoms with Gasteiger partial charge in [0.2, 0.25) is 0 Å². The van der Waals surface area contributed by atoms with E-state index < -0.39 is 0 Å². The lowest BCUT2D eigenvalue weighted by Crippen LogP contribution is -2.01. The molecule has 17 heavy (non-hydrogen) atoms. The van der Waals surface area contributed by atoms with E-state index in [0.29, 0.717) is 21.7 Å². The van der Waals surface area contributed by atoms with E-state index in [-0.39, 0.29) is 0 Å². The van der Waals surface area contributed by atoms with Crippen LogP contribution in [0.3, 0.4) is 0 Å². The van der Waals surface area contributed by atoms with Gasteiger partial charge in [-0.2, -0.15) is 0 Å². The maximum atomic E-state index is 6.15. The Hall–Kier alpha value is -1.06. The van der Waals surface area contributed by atoms with Crippen LogP contribution in [0.25, 0.3) is 5.69 Å². The number of aromatic nitrogens is 3. The normalized spacial score (nSPS) is 11.2. The maximum Gasteiger partial charge on any atom is 0.104 e. The van der Waals surface area contributed by atoms with Crippen LogP contribution in [0.5, 0.6) is 0 Å². The van der Waals surface area contributed by atoms with Crippen molar-refractivity contribution in [3.63, 3.8) is 0 Å². The lowest BCUT2D eigenvalue weighted by atomic mass is 10.1. The molecule has 0 aliphatic carbocycles. The minimum atomic E-state index is 0.324. The van der Waals surface area contributed by atoms with Gasteiger partial charge in [-0.15, -0.1) is 5.10 Å². The summed E-state index contributed by atoms with van der Waals surface area (Å²) in [4.78, 5) is 0. The van der Waals surface area contributed by atoms with Crippen molar-refractivity contribution in [2.24, 2.45) is 0 Å². The van der Waals surface area contributed by atoms with Gasteiger partial charge in [0.1, 0.15) is 5.69 Å². The van der Waals surface area contributed by atoms with E-state index in [9.17, 15) is 0 Å². The average Bonchev–Trinajstić information content (AvgIpc) is 2.61. The molecule has 1 aromatic heterocycles. The van der Waals surface area contributed by atoms with E-state index >= 15 is 0 Å². The zero-order valence-corrected chi connectivity index (χ0v) is 11.4. The SMILES string of the molecule is Cc1c(C(C)C)nnn1-c1c(Cl)cccc1Cl. The molecule has 0 N–H and O–H groups in total. The Morgan fingerprint density at radius 1 is 1.18 bits per heavy atom. The second-order valence-corrected chi connectivity index (χ2v) is 5.01. The van der Waals surface area contributed by atoms with Gasteiger partial charge in [-0.3, -0.25) is 0 Å². The third-order valence-corrected chi connectivity index (χ3v) is 3.24. The number of hydrogen-bond donors (Lipinski definition) is 0. The zero-order valence-electron chi connectivity index (χ0n) is 9.91. The minimum absolute atomic E-state index is 0.324. The monoisotopic (exact) mass is 269 g/mol. The Bertz CT molecular complexity index is 526. The van der Waals surface area contributed by atoms with Crippen LogP contribution in [0.4, 0.5) is 0 Å². The lowest BCUT2D eigenvalue weighted by Gasteiger charge is -2.08. The molecule has 0 aliphatic rings. The van der Waals surface area contributed by atoms with E-state index in [1.54, 1.807) is 16.8 Å². The Labute approximate surface area is 110 Å². The molecule has 0 bridgehead atoms. The minimum Gasteiger partial charge on any atom is -0.215 e. The number of halogens is 2. The topological polar surface area (TPSA) is 30.7 Å². The molecule has 0 saturated heterocycles. The fraction of sp³-hybridized carbons (Fsp3) is 0.333. The lowest BCUT2D eigenvalue weighted by molar-refractivity contribution is 0.773. The van der Waals surface area contributed by atoms with Gasteiger partial charge in [-0.1, -0.05) is 48.3 Å². The fourth-order valence-electron chi connectivity index (χ4n) is 1.78. The molecule has 1 heterocycles. The van der Waals surface area contributed by atoms with Crippen LogP contribution in [-0.4, -0.2) is 15.0 Å². The van der Waals surface area contributed by atoms with Gasteiger partial charge in [0, 0.05) is 0 Å². The predicted molar refractivity (Wildman–Crippen MR) is 70.2 cm³/mol. The Morgan fingerprint density at radius 2 is 1.76 bits per heavy atom. The number of benzene rings is 1. The van der Waals surface area contributed by atoms with E-state index in [1.807, 2.05) is 13.0 Å². The van der Waals surface area contributed by atoms with Crippen molar-refractivity contribution in [1.29, 1.82) is 0 Å². The van der Waals surface area contributed by atoms with E-state index in [0.717, 1.165) is 11.4 Å². The molecular formula is C12H13Cl2N3. The van der Waals surface area contributed by atoms with Crippen molar-refractivity contribution in [3.8, 4) is 5.69 Å². The van der Waals surface area contributed by atoms with E-state index in [1.165, 1.54) is 0 Å². The van der Waals surface area contributed by atoms with Crippen LogP contribution in [0.2, 0.25) is 10.0 Å². The maximum absolute atomic E-state index is 6.15. The predicted octanol–water partition coefficient (Wildman–Crippen LogP) is 4.01. The molecule has 2 rings (SSSR count). The Morgan fingerprint density at radius 3 is 2.24 bits per heavy atom. The highest BCUT2D eigenvalue weighted by Gasteiger charge is 2.16. The Kier molecular flexibility index (Phi) is 3.40. The summed E-state index contributed by atoms with van der Waals surface area (Å²) in [7, 11) is 0. The highest BCUT2D eigenvalue weighted by Crippen LogP contribution is 2.29. The molecule has 3 nitrogen and oxygen atoms in total. The molecule has 90 valence electrons. The standard InChI is InChI=1S/C12H13Cl2N3/c1-7(2)11-8(3)17(16-15-11)12-9(13)5-4-6-10(12)14/h4-7H,1-3H3. The molecular weight excluding hydrogens is 257 g/mol. The van der Waals surface area contributed by atoms with Crippen LogP contribution in [-0.2, 0) is 0 Å². The summed E-state index contributed by atoms with van der Waals surface area (Å²) in [6, 6.07) is 5.39. The third-order valence-electron chi connectivity index (χ3n) is 2.63. The van der Waals surface area contributed by atoms with Gasteiger partial charge in [0.05, 0.1) is 21.4 Å². The van der Waals surface area contributed by atoms with Gasteiger partial charge in [-0.05, 0) is 25.0 Å². The van der Waals surface area contributed by atoms with E-state index in [2.05, 4.69) is 24.2 Å². The number of rotatable bonds is 2. The summed E-state index contributed by atoms with van der Waals surface area (Å²) in [5.74, 6) is 0.324. The third kappa shape index (κ3) is 2.17. The van der Waals surface area contributed by atoms with Crippen LogP contribution in [0.1, 0.15) is 31.2 Å². The second-order valence-electron chi connectivity index (χ2n) is 4.20. The number of para-hydroxylation sites is 1. The van der Waals surface area contributed by atoms with Crippen LogP contribution >= 0.6 is 23.2 Å². The summed E-state index contributed by atoms with van der Waals surface area (Å²) in [5, 5.41) is 9.44.